The van der Waals surface area contributed by atoms with Gasteiger partial charge in [-0.2, -0.15) is 0 Å². The van der Waals surface area contributed by atoms with Crippen LogP contribution < -0.4 is 5.32 Å². The van der Waals surface area contributed by atoms with Gasteiger partial charge in [-0.25, -0.2) is 8.42 Å². The summed E-state index contributed by atoms with van der Waals surface area (Å²) in [6, 6.07) is 0.319. The zero-order chi connectivity index (χ0) is 15.5. The third-order valence-corrected chi connectivity index (χ3v) is 7.30. The molecule has 122 valence electrons. The zero-order valence-electron chi connectivity index (χ0n) is 13.1. The van der Waals surface area contributed by atoms with E-state index in [9.17, 15) is 13.2 Å². The summed E-state index contributed by atoms with van der Waals surface area (Å²) in [5, 5.41) is 3.12. The molecule has 2 fully saturated rings. The Hall–Kier alpha value is -0.620. The van der Waals surface area contributed by atoms with Gasteiger partial charge in [0.2, 0.25) is 0 Å². The molecule has 5 nitrogen and oxygen atoms in total. The van der Waals surface area contributed by atoms with Gasteiger partial charge in [-0.1, -0.05) is 13.3 Å². The molecule has 0 aliphatic heterocycles. The molecule has 2 aliphatic carbocycles. The number of esters is 1. The summed E-state index contributed by atoms with van der Waals surface area (Å²) < 4.78 is 30.1. The van der Waals surface area contributed by atoms with Crippen molar-refractivity contribution in [2.75, 3.05) is 19.4 Å². The van der Waals surface area contributed by atoms with Crippen molar-refractivity contribution < 1.29 is 17.9 Å². The minimum Gasteiger partial charge on any atom is -0.469 e. The van der Waals surface area contributed by atoms with Crippen LogP contribution in [0.3, 0.4) is 0 Å². The maximum absolute atomic E-state index is 12.7. The Kier molecular flexibility index (Phi) is 5.30. The Morgan fingerprint density at radius 1 is 1.33 bits per heavy atom. The summed E-state index contributed by atoms with van der Waals surface area (Å²) in [7, 11) is -1.78. The lowest BCUT2D eigenvalue weighted by Gasteiger charge is -2.30. The normalized spacial score (nSPS) is 28.1. The molecule has 2 saturated carbocycles. The van der Waals surface area contributed by atoms with Gasteiger partial charge in [0.1, 0.15) is 0 Å². The number of ether oxygens (including phenoxy) is 1. The van der Waals surface area contributed by atoms with Gasteiger partial charge in [0.15, 0.2) is 9.84 Å². The highest BCUT2D eigenvalue weighted by molar-refractivity contribution is 7.92. The first-order valence-electron chi connectivity index (χ1n) is 7.92. The molecular formula is C15H27NO4S. The second-order valence-corrected chi connectivity index (χ2v) is 8.88. The molecule has 0 bridgehead atoms. The second kappa shape index (κ2) is 6.65. The number of sulfone groups is 1. The molecule has 2 atom stereocenters. The smallest absolute Gasteiger partial charge is 0.306 e. The minimum atomic E-state index is -3.13. The number of nitrogens with one attached hydrogen (secondary N) is 1. The molecule has 2 aliphatic rings. The molecule has 0 aromatic carbocycles. The Morgan fingerprint density at radius 3 is 2.62 bits per heavy atom. The first-order valence-corrected chi connectivity index (χ1v) is 9.64. The molecule has 0 radical (unpaired) electrons. The molecule has 0 heterocycles. The van der Waals surface area contributed by atoms with E-state index in [4.69, 9.17) is 4.74 Å². The first-order chi connectivity index (χ1) is 9.91. The monoisotopic (exact) mass is 317 g/mol. The third kappa shape index (κ3) is 4.42. The van der Waals surface area contributed by atoms with Gasteiger partial charge >= 0.3 is 5.97 Å². The van der Waals surface area contributed by atoms with E-state index < -0.39 is 9.84 Å². The van der Waals surface area contributed by atoms with Crippen LogP contribution in [0.15, 0.2) is 0 Å². The Balaban J connectivity index is 1.96. The van der Waals surface area contributed by atoms with E-state index in [1.54, 1.807) is 0 Å². The third-order valence-electron chi connectivity index (χ3n) is 4.84. The molecule has 0 spiro atoms. The van der Waals surface area contributed by atoms with Crippen LogP contribution in [0.4, 0.5) is 0 Å². The lowest BCUT2D eigenvalue weighted by molar-refractivity contribution is -0.141. The Bertz CT molecular complexity index is 468. The standard InChI is InChI=1S/C15H27NO4S/c1-3-16-12-5-4-6-13(9-12)21(18,19)11-15(7-8-15)10-14(17)20-2/h12-13,16H,3-11H2,1-2H3. The SMILES string of the molecule is CCNC1CCCC(S(=O)(=O)CC2(CC(=O)OC)CC2)C1. The van der Waals surface area contributed by atoms with Gasteiger partial charge in [-0.05, 0) is 44.1 Å². The van der Waals surface area contributed by atoms with Crippen molar-refractivity contribution in [3.05, 3.63) is 0 Å². The van der Waals surface area contributed by atoms with Crippen molar-refractivity contribution in [3.63, 3.8) is 0 Å². The van der Waals surface area contributed by atoms with Gasteiger partial charge in [0, 0.05) is 6.04 Å². The van der Waals surface area contributed by atoms with E-state index in [0.717, 1.165) is 38.6 Å². The lowest BCUT2D eigenvalue weighted by atomic mass is 9.95. The number of rotatable bonds is 7. The van der Waals surface area contributed by atoms with Gasteiger partial charge < -0.3 is 10.1 Å². The number of methoxy groups -OCH3 is 1. The number of hydrogen-bond donors (Lipinski definition) is 1. The molecule has 0 saturated heterocycles. The van der Waals surface area contributed by atoms with E-state index in [-0.39, 0.29) is 28.8 Å². The van der Waals surface area contributed by atoms with Crippen LogP contribution in [0.1, 0.15) is 51.9 Å². The van der Waals surface area contributed by atoms with Crippen molar-refractivity contribution in [1.82, 2.24) is 5.32 Å². The van der Waals surface area contributed by atoms with E-state index >= 15 is 0 Å². The first kappa shape index (κ1) is 16.7. The lowest BCUT2D eigenvalue weighted by Crippen LogP contribution is -2.40. The van der Waals surface area contributed by atoms with Crippen LogP contribution in [-0.4, -0.2) is 45.1 Å². The van der Waals surface area contributed by atoms with E-state index in [2.05, 4.69) is 5.32 Å². The summed E-state index contributed by atoms with van der Waals surface area (Å²) in [5.41, 5.74) is -0.336. The average molecular weight is 317 g/mol. The van der Waals surface area contributed by atoms with Gasteiger partial charge in [0.05, 0.1) is 24.5 Å². The van der Waals surface area contributed by atoms with Crippen molar-refractivity contribution >= 4 is 15.8 Å². The molecule has 0 amide bonds. The zero-order valence-corrected chi connectivity index (χ0v) is 13.9. The predicted molar refractivity (Wildman–Crippen MR) is 81.8 cm³/mol. The van der Waals surface area contributed by atoms with E-state index in [1.807, 2.05) is 6.92 Å². The fourth-order valence-electron chi connectivity index (χ4n) is 3.42. The molecule has 1 N–H and O–H groups in total. The molecule has 0 aromatic heterocycles. The highest BCUT2D eigenvalue weighted by Gasteiger charge is 2.49. The van der Waals surface area contributed by atoms with Gasteiger partial charge in [-0.15, -0.1) is 0 Å². The summed E-state index contributed by atoms with van der Waals surface area (Å²) in [4.78, 5) is 11.4. The average Bonchev–Trinajstić information content (AvgIpc) is 3.17. The molecule has 0 aromatic rings. The summed E-state index contributed by atoms with van der Waals surface area (Å²) in [5.74, 6) is -0.143. The van der Waals surface area contributed by atoms with E-state index in [0.29, 0.717) is 12.5 Å². The topological polar surface area (TPSA) is 72.5 Å². The number of carbonyl (C=O) groups is 1. The molecular weight excluding hydrogens is 290 g/mol. The van der Waals surface area contributed by atoms with Crippen LogP contribution in [0, 0.1) is 5.41 Å². The van der Waals surface area contributed by atoms with Crippen molar-refractivity contribution in [2.45, 2.75) is 63.2 Å². The van der Waals surface area contributed by atoms with Gasteiger partial charge in [0.25, 0.3) is 0 Å². The largest absolute Gasteiger partial charge is 0.469 e. The molecule has 2 unspecified atom stereocenters. The van der Waals surface area contributed by atoms with Crippen LogP contribution in [0.5, 0.6) is 0 Å². The van der Waals surface area contributed by atoms with Gasteiger partial charge in [-0.3, -0.25) is 4.79 Å². The number of carbonyl (C=O) groups excluding carboxylic acids is 1. The summed E-state index contributed by atoms with van der Waals surface area (Å²) in [6.45, 7) is 2.93. The summed E-state index contributed by atoms with van der Waals surface area (Å²) in [6.07, 6.45) is 5.39. The minimum absolute atomic E-state index is 0.151. The molecule has 2 rings (SSSR count). The fraction of sp³-hybridized carbons (Fsp3) is 0.933. The van der Waals surface area contributed by atoms with Crippen LogP contribution in [0.2, 0.25) is 0 Å². The highest BCUT2D eigenvalue weighted by Crippen LogP contribution is 2.50. The Labute approximate surface area is 127 Å². The quantitative estimate of drug-likeness (QED) is 0.723. The van der Waals surface area contributed by atoms with Crippen molar-refractivity contribution in [1.29, 1.82) is 0 Å². The Morgan fingerprint density at radius 2 is 2.05 bits per heavy atom. The maximum Gasteiger partial charge on any atom is 0.306 e. The number of hydrogen-bond acceptors (Lipinski definition) is 5. The van der Waals surface area contributed by atoms with Crippen LogP contribution in [-0.2, 0) is 19.4 Å². The van der Waals surface area contributed by atoms with Crippen molar-refractivity contribution in [2.24, 2.45) is 5.41 Å². The second-order valence-electron chi connectivity index (χ2n) is 6.60. The molecule has 6 heteroatoms. The maximum atomic E-state index is 12.7. The van der Waals surface area contributed by atoms with Crippen LogP contribution >= 0.6 is 0 Å². The van der Waals surface area contributed by atoms with E-state index in [1.165, 1.54) is 7.11 Å². The van der Waals surface area contributed by atoms with Crippen molar-refractivity contribution in [3.8, 4) is 0 Å². The fourth-order valence-corrected chi connectivity index (χ4v) is 5.95. The predicted octanol–water partition coefficient (Wildman–Crippen LogP) is 1.67. The molecule has 21 heavy (non-hydrogen) atoms. The summed E-state index contributed by atoms with van der Waals surface area (Å²) >= 11 is 0. The van der Waals surface area contributed by atoms with Crippen LogP contribution in [0.25, 0.3) is 0 Å². The highest BCUT2D eigenvalue weighted by atomic mass is 32.2.